The number of para-hydroxylation sites is 1. The fourth-order valence-corrected chi connectivity index (χ4v) is 3.78. The van der Waals surface area contributed by atoms with Crippen LogP contribution < -0.4 is 20.3 Å². The van der Waals surface area contributed by atoms with Gasteiger partial charge in [0.05, 0.1) is 23.8 Å². The number of amides is 1. The van der Waals surface area contributed by atoms with Gasteiger partial charge >= 0.3 is 0 Å². The Balaban J connectivity index is 1.06. The van der Waals surface area contributed by atoms with Crippen LogP contribution in [0.4, 0.5) is 0 Å². The van der Waals surface area contributed by atoms with Crippen LogP contribution in [0.15, 0.2) is 90.0 Å². The number of aryl methyl sites for hydroxylation is 1. The monoisotopic (exact) mass is 485 g/mol. The summed E-state index contributed by atoms with van der Waals surface area (Å²) in [7, 11) is 0. The van der Waals surface area contributed by atoms with Gasteiger partial charge in [0, 0.05) is 19.5 Å². The average molecular weight is 486 g/mol. The molecule has 4 rings (SSSR count). The highest BCUT2D eigenvalue weighted by Crippen LogP contribution is 2.19. The molecule has 0 aliphatic rings. The zero-order valence-corrected chi connectivity index (χ0v) is 20.3. The van der Waals surface area contributed by atoms with Gasteiger partial charge in [-0.3, -0.25) is 14.2 Å². The van der Waals surface area contributed by atoms with Gasteiger partial charge in [-0.25, -0.2) is 4.98 Å². The molecule has 1 aromatic heterocycles. The number of benzene rings is 3. The van der Waals surface area contributed by atoms with Crippen molar-refractivity contribution in [2.75, 3.05) is 13.2 Å². The van der Waals surface area contributed by atoms with Crippen molar-refractivity contribution in [3.8, 4) is 11.5 Å². The van der Waals surface area contributed by atoms with Gasteiger partial charge in [0.2, 0.25) is 5.91 Å². The minimum atomic E-state index is -0.0737. The van der Waals surface area contributed by atoms with Crippen LogP contribution in [0, 0.1) is 0 Å². The van der Waals surface area contributed by atoms with E-state index in [1.54, 1.807) is 17.0 Å². The van der Waals surface area contributed by atoms with Gasteiger partial charge in [-0.15, -0.1) is 0 Å². The lowest BCUT2D eigenvalue weighted by atomic mass is 10.2. The highest BCUT2D eigenvalue weighted by Gasteiger charge is 2.05. The number of carbonyl (C=O) groups is 1. The number of hydrogen-bond acceptors (Lipinski definition) is 5. The molecule has 0 saturated heterocycles. The van der Waals surface area contributed by atoms with E-state index in [0.717, 1.165) is 29.9 Å². The first-order valence-corrected chi connectivity index (χ1v) is 12.3. The Bertz CT molecular complexity index is 1300. The number of nitrogens with one attached hydrogen (secondary N) is 1. The van der Waals surface area contributed by atoms with Crippen LogP contribution in [0.25, 0.3) is 10.9 Å². The molecule has 7 heteroatoms. The van der Waals surface area contributed by atoms with Crippen molar-refractivity contribution in [3.05, 3.63) is 101 Å². The zero-order valence-electron chi connectivity index (χ0n) is 20.3. The maximum Gasteiger partial charge on any atom is 0.261 e. The van der Waals surface area contributed by atoms with Gasteiger partial charge in [0.1, 0.15) is 18.1 Å². The lowest BCUT2D eigenvalue weighted by Gasteiger charge is -2.09. The van der Waals surface area contributed by atoms with Gasteiger partial charge < -0.3 is 14.8 Å². The molecule has 1 N–H and O–H groups in total. The molecule has 0 aliphatic heterocycles. The van der Waals surface area contributed by atoms with Crippen LogP contribution in [-0.2, 0) is 17.9 Å². The zero-order chi connectivity index (χ0) is 25.0. The third-order valence-corrected chi connectivity index (χ3v) is 5.77. The highest BCUT2D eigenvalue weighted by molar-refractivity contribution is 5.77. The first-order valence-electron chi connectivity index (χ1n) is 12.3. The van der Waals surface area contributed by atoms with Crippen molar-refractivity contribution in [3.63, 3.8) is 0 Å². The predicted molar refractivity (Wildman–Crippen MR) is 140 cm³/mol. The van der Waals surface area contributed by atoms with Gasteiger partial charge in [-0.05, 0) is 61.2 Å². The largest absolute Gasteiger partial charge is 0.494 e. The normalized spacial score (nSPS) is 10.8. The number of rotatable bonds is 13. The number of ether oxygens (including phenoxy) is 2. The van der Waals surface area contributed by atoms with Crippen molar-refractivity contribution in [1.29, 1.82) is 0 Å². The van der Waals surface area contributed by atoms with Crippen molar-refractivity contribution < 1.29 is 14.3 Å². The second-order valence-corrected chi connectivity index (χ2v) is 8.52. The lowest BCUT2D eigenvalue weighted by Crippen LogP contribution is -2.26. The van der Waals surface area contributed by atoms with E-state index in [-0.39, 0.29) is 11.5 Å². The third kappa shape index (κ3) is 7.43. The quantitative estimate of drug-likeness (QED) is 0.277. The van der Waals surface area contributed by atoms with E-state index in [9.17, 15) is 9.59 Å². The van der Waals surface area contributed by atoms with Crippen LogP contribution in [0.3, 0.4) is 0 Å². The molecule has 4 aromatic rings. The van der Waals surface area contributed by atoms with Crippen molar-refractivity contribution >= 4 is 16.8 Å². The third-order valence-electron chi connectivity index (χ3n) is 5.77. The summed E-state index contributed by atoms with van der Waals surface area (Å²) in [6, 6.07) is 24.9. The molecule has 0 saturated carbocycles. The van der Waals surface area contributed by atoms with Gasteiger partial charge in [0.15, 0.2) is 0 Å². The van der Waals surface area contributed by atoms with Crippen LogP contribution in [0.5, 0.6) is 11.5 Å². The Kier molecular flexibility index (Phi) is 9.08. The molecule has 36 heavy (non-hydrogen) atoms. The average Bonchev–Trinajstić information content (AvgIpc) is 2.92. The van der Waals surface area contributed by atoms with Crippen LogP contribution in [0.2, 0.25) is 0 Å². The summed E-state index contributed by atoms with van der Waals surface area (Å²) in [5.74, 6) is 1.59. The molecule has 3 aromatic carbocycles. The molecule has 0 aliphatic carbocycles. The van der Waals surface area contributed by atoms with E-state index in [0.29, 0.717) is 50.0 Å². The first-order chi connectivity index (χ1) is 17.7. The van der Waals surface area contributed by atoms with Crippen LogP contribution >= 0.6 is 0 Å². The van der Waals surface area contributed by atoms with Crippen LogP contribution in [0.1, 0.15) is 31.2 Å². The molecule has 0 bridgehead atoms. The van der Waals surface area contributed by atoms with E-state index < -0.39 is 0 Å². The topological polar surface area (TPSA) is 82.5 Å². The highest BCUT2D eigenvalue weighted by atomic mass is 16.5. The molecule has 7 nitrogen and oxygen atoms in total. The van der Waals surface area contributed by atoms with Gasteiger partial charge in [0.25, 0.3) is 5.56 Å². The summed E-state index contributed by atoms with van der Waals surface area (Å²) >= 11 is 0. The fraction of sp³-hybridized carbons (Fsp3) is 0.276. The smallest absolute Gasteiger partial charge is 0.261 e. The van der Waals surface area contributed by atoms with E-state index in [2.05, 4.69) is 10.3 Å². The number of nitrogens with zero attached hydrogens (tertiary/aromatic N) is 2. The summed E-state index contributed by atoms with van der Waals surface area (Å²) in [6.07, 6.45) is 4.17. The van der Waals surface area contributed by atoms with Crippen LogP contribution in [-0.4, -0.2) is 28.6 Å². The number of fused-ring (bicyclic) bond motifs is 1. The Labute approximate surface area is 210 Å². The Morgan fingerprint density at radius 3 is 2.36 bits per heavy atom. The number of unbranched alkanes of at least 4 members (excludes halogenated alkanes) is 1. The molecule has 1 heterocycles. The molecule has 0 radical (unpaired) electrons. The molecule has 0 spiro atoms. The van der Waals surface area contributed by atoms with Crippen molar-refractivity contribution in [1.82, 2.24) is 14.9 Å². The van der Waals surface area contributed by atoms with Crippen molar-refractivity contribution in [2.24, 2.45) is 0 Å². The number of carbonyl (C=O) groups excluding carboxylic acids is 1. The minimum absolute atomic E-state index is 0.0104. The summed E-state index contributed by atoms with van der Waals surface area (Å²) in [5, 5.41) is 3.53. The SMILES string of the molecule is O=C(CCCn1cnc2ccccc2c1=O)NCCCCOc1ccc(OCc2ccccc2)cc1. The van der Waals surface area contributed by atoms with Gasteiger partial charge in [-0.1, -0.05) is 42.5 Å². The molecule has 0 fully saturated rings. The maximum atomic E-state index is 12.5. The Morgan fingerprint density at radius 2 is 1.56 bits per heavy atom. The van der Waals surface area contributed by atoms with E-state index in [4.69, 9.17) is 9.47 Å². The summed E-state index contributed by atoms with van der Waals surface area (Å²) < 4.78 is 13.1. The van der Waals surface area contributed by atoms with E-state index in [1.807, 2.05) is 72.8 Å². The first kappa shape index (κ1) is 25.0. The van der Waals surface area contributed by atoms with Gasteiger partial charge in [-0.2, -0.15) is 0 Å². The summed E-state index contributed by atoms with van der Waals surface area (Å²) in [4.78, 5) is 28.9. The lowest BCUT2D eigenvalue weighted by molar-refractivity contribution is -0.121. The Morgan fingerprint density at radius 1 is 0.833 bits per heavy atom. The van der Waals surface area contributed by atoms with Crippen molar-refractivity contribution in [2.45, 2.75) is 38.8 Å². The molecule has 1 amide bonds. The summed E-state index contributed by atoms with van der Waals surface area (Å²) in [6.45, 7) is 2.18. The fourth-order valence-electron chi connectivity index (χ4n) is 3.78. The standard InChI is InChI=1S/C29H31N3O4/c33-28(13-8-19-32-22-31-27-12-5-4-11-26(27)29(32)34)30-18-6-7-20-35-24-14-16-25(17-15-24)36-21-23-9-2-1-3-10-23/h1-5,9-12,14-17,22H,6-8,13,18-21H2,(H,30,33). The number of hydrogen-bond donors (Lipinski definition) is 1. The van der Waals surface area contributed by atoms with E-state index >= 15 is 0 Å². The molecule has 0 unspecified atom stereocenters. The molecular formula is C29H31N3O4. The second-order valence-electron chi connectivity index (χ2n) is 8.52. The van der Waals surface area contributed by atoms with E-state index in [1.165, 1.54) is 0 Å². The minimum Gasteiger partial charge on any atom is -0.494 e. The molecular weight excluding hydrogens is 454 g/mol. The molecule has 186 valence electrons. The second kappa shape index (κ2) is 13.1. The molecule has 0 atom stereocenters. The Hall–Kier alpha value is -4.13. The summed E-state index contributed by atoms with van der Waals surface area (Å²) in [5.41, 5.74) is 1.74. The number of aromatic nitrogens is 2. The maximum absolute atomic E-state index is 12.5. The predicted octanol–water partition coefficient (Wildman–Crippen LogP) is 4.73.